The minimum atomic E-state index is -2.13. The molecule has 148 valence electrons. The van der Waals surface area contributed by atoms with Gasteiger partial charge in [-0.3, -0.25) is 0 Å². The maximum Gasteiger partial charge on any atom is 0.357 e. The molecule has 3 N–H and O–H groups in total. The minimum Gasteiger partial charge on any atom is -0.507 e. The van der Waals surface area contributed by atoms with Crippen LogP contribution in [0.2, 0.25) is 18.1 Å². The second-order valence-corrected chi connectivity index (χ2v) is 13.0. The maximum absolute atomic E-state index is 11.7. The number of hydrogen-bond acceptors (Lipinski definition) is 5. The van der Waals surface area contributed by atoms with Gasteiger partial charge >= 0.3 is 11.9 Å². The lowest BCUT2D eigenvalue weighted by atomic mass is 10.1. The molecule has 2 heterocycles. The van der Waals surface area contributed by atoms with E-state index in [1.54, 1.807) is 6.92 Å². The van der Waals surface area contributed by atoms with Gasteiger partial charge in [-0.2, -0.15) is 5.10 Å². The van der Waals surface area contributed by atoms with Gasteiger partial charge in [0.15, 0.2) is 14.0 Å². The van der Waals surface area contributed by atoms with Crippen molar-refractivity contribution in [1.29, 1.82) is 0 Å². The van der Waals surface area contributed by atoms with E-state index < -0.39 is 31.5 Å². The number of carbonyl (C=O) groups is 2. The van der Waals surface area contributed by atoms with Crippen molar-refractivity contribution in [2.24, 2.45) is 0 Å². The molecular weight excluding hydrogens is 368 g/mol. The number of pyridine rings is 1. The predicted octanol–water partition coefficient (Wildman–Crippen LogP) is 3.57. The first-order chi connectivity index (χ1) is 12.2. The van der Waals surface area contributed by atoms with Gasteiger partial charge in [0.1, 0.15) is 11.3 Å². The quantitative estimate of drug-likeness (QED) is 0.663. The van der Waals surface area contributed by atoms with E-state index in [1.165, 1.54) is 11.4 Å². The SMILES string of the molecule is Cc1c(O)c(C)c2c(C(=O)O)c(C(=O)O)nn2c1CO[Si](C)(C)C(C)(C)C. The lowest BCUT2D eigenvalue weighted by Crippen LogP contribution is -2.40. The van der Waals surface area contributed by atoms with Crippen molar-refractivity contribution < 1.29 is 29.3 Å². The van der Waals surface area contributed by atoms with Crippen LogP contribution in [0.25, 0.3) is 5.52 Å². The fourth-order valence-corrected chi connectivity index (χ4v) is 3.57. The van der Waals surface area contributed by atoms with Gasteiger partial charge in [-0.25, -0.2) is 14.1 Å². The Balaban J connectivity index is 2.76. The fourth-order valence-electron chi connectivity index (χ4n) is 2.64. The van der Waals surface area contributed by atoms with Gasteiger partial charge in [-0.05, 0) is 32.0 Å². The number of aryl methyl sites for hydroxylation is 1. The van der Waals surface area contributed by atoms with Crippen molar-refractivity contribution in [1.82, 2.24) is 9.61 Å². The van der Waals surface area contributed by atoms with Crippen molar-refractivity contribution in [3.8, 4) is 5.75 Å². The van der Waals surface area contributed by atoms with Crippen LogP contribution in [-0.2, 0) is 11.0 Å². The van der Waals surface area contributed by atoms with E-state index in [1.807, 2.05) is 0 Å². The molecule has 0 aromatic carbocycles. The topological polar surface area (TPSA) is 121 Å². The Morgan fingerprint density at radius 1 is 1.11 bits per heavy atom. The number of aromatic hydroxyl groups is 1. The highest BCUT2D eigenvalue weighted by Gasteiger charge is 2.38. The minimum absolute atomic E-state index is 0.0463. The van der Waals surface area contributed by atoms with Crippen molar-refractivity contribution >= 4 is 25.8 Å². The third-order valence-corrected chi connectivity index (χ3v) is 9.91. The standard InChI is InChI=1S/C18H26N2O6Si/c1-9-11(8-26-27(6,7)18(3,4)5)20-14(10(2)15(9)21)12(16(22)23)13(19-20)17(24)25/h21H,8H2,1-7H3,(H,22,23)(H,24,25). The van der Waals surface area contributed by atoms with E-state index in [2.05, 4.69) is 39.0 Å². The van der Waals surface area contributed by atoms with E-state index in [-0.39, 0.29) is 28.5 Å². The summed E-state index contributed by atoms with van der Waals surface area (Å²) >= 11 is 0. The highest BCUT2D eigenvalue weighted by atomic mass is 28.4. The van der Waals surface area contributed by atoms with Crippen LogP contribution in [0, 0.1) is 13.8 Å². The molecule has 0 saturated carbocycles. The average molecular weight is 395 g/mol. The lowest BCUT2D eigenvalue weighted by molar-refractivity contribution is 0.0649. The molecule has 0 aliphatic rings. The Bertz CT molecular complexity index is 940. The van der Waals surface area contributed by atoms with Crippen LogP contribution in [0.5, 0.6) is 5.75 Å². The predicted molar refractivity (Wildman–Crippen MR) is 102 cm³/mol. The van der Waals surface area contributed by atoms with Gasteiger partial charge in [0.05, 0.1) is 17.8 Å². The van der Waals surface area contributed by atoms with Crippen LogP contribution in [0.1, 0.15) is 58.4 Å². The van der Waals surface area contributed by atoms with E-state index in [0.717, 1.165) is 0 Å². The van der Waals surface area contributed by atoms with E-state index in [0.29, 0.717) is 11.3 Å². The summed E-state index contributed by atoms with van der Waals surface area (Å²) in [6, 6.07) is 0. The van der Waals surface area contributed by atoms with E-state index in [9.17, 15) is 24.9 Å². The van der Waals surface area contributed by atoms with Crippen LogP contribution in [-0.4, -0.2) is 45.2 Å². The van der Waals surface area contributed by atoms with Gasteiger partial charge in [0, 0.05) is 11.1 Å². The summed E-state index contributed by atoms with van der Waals surface area (Å²) in [5, 5.41) is 33.4. The summed E-state index contributed by atoms with van der Waals surface area (Å²) in [5.41, 5.74) is 0.244. The van der Waals surface area contributed by atoms with E-state index >= 15 is 0 Å². The molecule has 0 bridgehead atoms. The van der Waals surface area contributed by atoms with Gasteiger partial charge in [0.2, 0.25) is 0 Å². The zero-order chi connectivity index (χ0) is 20.9. The first-order valence-electron chi connectivity index (χ1n) is 8.55. The molecular formula is C18H26N2O6Si. The molecule has 0 unspecified atom stereocenters. The number of carboxylic acids is 2. The zero-order valence-corrected chi connectivity index (χ0v) is 17.7. The average Bonchev–Trinajstić information content (AvgIpc) is 2.92. The highest BCUT2D eigenvalue weighted by molar-refractivity contribution is 6.74. The molecule has 2 aromatic heterocycles. The molecule has 0 aliphatic heterocycles. The summed E-state index contributed by atoms with van der Waals surface area (Å²) in [6.07, 6.45) is 0. The molecule has 2 aromatic rings. The number of carboxylic acid groups (broad SMARTS) is 2. The van der Waals surface area contributed by atoms with Crippen molar-refractivity contribution in [2.75, 3.05) is 0 Å². The molecule has 0 spiro atoms. The number of nitrogens with zero attached hydrogens (tertiary/aromatic N) is 2. The zero-order valence-electron chi connectivity index (χ0n) is 16.7. The Hall–Kier alpha value is -2.39. The highest BCUT2D eigenvalue weighted by Crippen LogP contribution is 2.38. The number of rotatable bonds is 5. The monoisotopic (exact) mass is 394 g/mol. The molecule has 0 radical (unpaired) electrons. The largest absolute Gasteiger partial charge is 0.507 e. The summed E-state index contributed by atoms with van der Waals surface area (Å²) in [6.45, 7) is 13.7. The van der Waals surface area contributed by atoms with Crippen molar-refractivity contribution in [3.05, 3.63) is 28.1 Å². The Morgan fingerprint density at radius 3 is 2.11 bits per heavy atom. The first-order valence-corrected chi connectivity index (χ1v) is 11.5. The molecule has 8 nitrogen and oxygen atoms in total. The smallest absolute Gasteiger partial charge is 0.357 e. The number of hydrogen-bond donors (Lipinski definition) is 3. The first kappa shape index (κ1) is 20.9. The van der Waals surface area contributed by atoms with Gasteiger partial charge in [-0.1, -0.05) is 20.8 Å². The maximum atomic E-state index is 11.7. The Kier molecular flexibility index (Phi) is 5.15. The van der Waals surface area contributed by atoms with Crippen LogP contribution in [0.3, 0.4) is 0 Å². The normalized spacial score (nSPS) is 12.6. The summed E-state index contributed by atoms with van der Waals surface area (Å²) in [7, 11) is -2.13. The molecule has 0 saturated heterocycles. The number of aromatic carboxylic acids is 2. The molecule has 0 amide bonds. The van der Waals surface area contributed by atoms with Crippen molar-refractivity contribution in [2.45, 2.75) is 59.4 Å². The molecule has 9 heteroatoms. The second kappa shape index (κ2) is 6.65. The number of fused-ring (bicyclic) bond motifs is 1. The molecule has 27 heavy (non-hydrogen) atoms. The third-order valence-electron chi connectivity index (χ3n) is 5.43. The fraction of sp³-hybridized carbons (Fsp3) is 0.500. The summed E-state index contributed by atoms with van der Waals surface area (Å²) in [4.78, 5) is 23.2. The van der Waals surface area contributed by atoms with Crippen LogP contribution < -0.4 is 0 Å². The second-order valence-electron chi connectivity index (χ2n) is 8.19. The van der Waals surface area contributed by atoms with Gasteiger partial charge < -0.3 is 19.7 Å². The van der Waals surface area contributed by atoms with Crippen molar-refractivity contribution in [3.63, 3.8) is 0 Å². The van der Waals surface area contributed by atoms with Crippen LogP contribution in [0.15, 0.2) is 0 Å². The molecule has 0 fully saturated rings. The molecule has 0 atom stereocenters. The summed E-state index contributed by atoms with van der Waals surface area (Å²) in [5.74, 6) is -2.94. The van der Waals surface area contributed by atoms with E-state index in [4.69, 9.17) is 4.43 Å². The molecule has 0 aliphatic carbocycles. The Morgan fingerprint density at radius 2 is 1.67 bits per heavy atom. The summed E-state index contributed by atoms with van der Waals surface area (Å²) < 4.78 is 7.49. The van der Waals surface area contributed by atoms with Crippen LogP contribution >= 0.6 is 0 Å². The number of aromatic nitrogens is 2. The third kappa shape index (κ3) is 3.44. The van der Waals surface area contributed by atoms with Crippen LogP contribution in [0.4, 0.5) is 0 Å². The molecule has 2 rings (SSSR count). The lowest BCUT2D eigenvalue weighted by Gasteiger charge is -2.36. The van der Waals surface area contributed by atoms with Gasteiger partial charge in [0.25, 0.3) is 0 Å². The van der Waals surface area contributed by atoms with Gasteiger partial charge in [-0.15, -0.1) is 0 Å². The Labute approximate surface area is 158 Å².